The highest BCUT2D eigenvalue weighted by Crippen LogP contribution is 2.31. The fraction of sp³-hybridized carbons (Fsp3) is 0.500. The van der Waals surface area contributed by atoms with Crippen LogP contribution in [0.5, 0.6) is 0 Å². The number of nitro benzene ring substituents is 1. The van der Waals surface area contributed by atoms with Gasteiger partial charge in [-0.1, -0.05) is 18.9 Å². The summed E-state index contributed by atoms with van der Waals surface area (Å²) in [4.78, 5) is 22.8. The summed E-state index contributed by atoms with van der Waals surface area (Å²) >= 11 is 5.99. The number of alkyl halides is 1. The summed E-state index contributed by atoms with van der Waals surface area (Å²) in [6.07, 6.45) is 3.80. The molecule has 1 N–H and O–H groups in total. The van der Waals surface area contributed by atoms with Gasteiger partial charge in [0.25, 0.3) is 11.6 Å². The molecule has 5 nitrogen and oxygen atoms in total. The number of halogens is 1. The Bertz CT molecular complexity index is 539. The summed E-state index contributed by atoms with van der Waals surface area (Å²) in [5.74, 6) is 0.0842. The van der Waals surface area contributed by atoms with Gasteiger partial charge in [0, 0.05) is 23.1 Å². The largest absolute Gasteiger partial charge is 0.345 e. The van der Waals surface area contributed by atoms with E-state index >= 15 is 0 Å². The topological polar surface area (TPSA) is 72.2 Å². The van der Waals surface area contributed by atoms with Crippen LogP contribution in [0, 0.1) is 17.0 Å². The van der Waals surface area contributed by atoms with Gasteiger partial charge < -0.3 is 5.32 Å². The number of amides is 1. The van der Waals surface area contributed by atoms with Gasteiger partial charge in [-0.15, -0.1) is 11.6 Å². The molecule has 0 saturated heterocycles. The molecule has 1 aliphatic carbocycles. The van der Waals surface area contributed by atoms with Crippen LogP contribution in [0.4, 0.5) is 5.69 Å². The Morgan fingerprint density at radius 3 is 2.65 bits per heavy atom. The maximum Gasteiger partial charge on any atom is 0.273 e. The first kappa shape index (κ1) is 14.8. The molecule has 1 amide bonds. The van der Waals surface area contributed by atoms with Crippen LogP contribution in [0.2, 0.25) is 0 Å². The minimum Gasteiger partial charge on any atom is -0.345 e. The Hall–Kier alpha value is -1.62. The predicted molar refractivity (Wildman–Crippen MR) is 77.2 cm³/mol. The van der Waals surface area contributed by atoms with Crippen molar-refractivity contribution in [3.8, 4) is 0 Å². The van der Waals surface area contributed by atoms with E-state index in [2.05, 4.69) is 5.32 Å². The van der Waals surface area contributed by atoms with Crippen molar-refractivity contribution in [2.24, 2.45) is 0 Å². The van der Waals surface area contributed by atoms with E-state index in [1.165, 1.54) is 12.1 Å². The third kappa shape index (κ3) is 2.77. The molecule has 1 aromatic rings. The second kappa shape index (κ2) is 5.79. The molecule has 20 heavy (non-hydrogen) atoms. The zero-order chi connectivity index (χ0) is 14.8. The summed E-state index contributed by atoms with van der Waals surface area (Å²) in [5, 5.41) is 13.9. The molecule has 108 valence electrons. The van der Waals surface area contributed by atoms with E-state index in [1.54, 1.807) is 13.0 Å². The van der Waals surface area contributed by atoms with Crippen molar-refractivity contribution in [2.75, 3.05) is 5.88 Å². The van der Waals surface area contributed by atoms with Gasteiger partial charge >= 0.3 is 0 Å². The third-order valence-corrected chi connectivity index (χ3v) is 4.45. The van der Waals surface area contributed by atoms with Crippen molar-refractivity contribution in [2.45, 2.75) is 38.1 Å². The van der Waals surface area contributed by atoms with Crippen LogP contribution in [0.25, 0.3) is 0 Å². The minimum absolute atomic E-state index is 0.0380. The number of hydrogen-bond acceptors (Lipinski definition) is 3. The Balaban J connectivity index is 2.25. The lowest BCUT2D eigenvalue weighted by Crippen LogP contribution is -2.48. The van der Waals surface area contributed by atoms with Crippen LogP contribution in [0.3, 0.4) is 0 Å². The maximum atomic E-state index is 12.4. The number of carbonyl (C=O) groups is 1. The highest BCUT2D eigenvalue weighted by molar-refractivity contribution is 6.19. The molecule has 6 heteroatoms. The second-order valence-corrected chi connectivity index (χ2v) is 5.55. The number of nitrogens with zero attached hydrogens (tertiary/aromatic N) is 1. The molecule has 0 spiro atoms. The van der Waals surface area contributed by atoms with Crippen LogP contribution < -0.4 is 5.32 Å². The van der Waals surface area contributed by atoms with Crippen molar-refractivity contribution < 1.29 is 9.72 Å². The predicted octanol–water partition coefficient (Wildman–Crippen LogP) is 3.18. The lowest BCUT2D eigenvalue weighted by molar-refractivity contribution is -0.385. The third-order valence-electron chi connectivity index (χ3n) is 3.94. The van der Waals surface area contributed by atoms with E-state index < -0.39 is 4.92 Å². The van der Waals surface area contributed by atoms with Gasteiger partial charge in [0.05, 0.1) is 10.5 Å². The first-order chi connectivity index (χ1) is 9.49. The number of nitrogens with one attached hydrogen (secondary N) is 1. The fourth-order valence-electron chi connectivity index (χ4n) is 2.72. The Labute approximate surface area is 122 Å². The van der Waals surface area contributed by atoms with Gasteiger partial charge in [-0.05, 0) is 25.8 Å². The lowest BCUT2D eigenvalue weighted by Gasteiger charge is -2.28. The van der Waals surface area contributed by atoms with Crippen molar-refractivity contribution in [3.63, 3.8) is 0 Å². The van der Waals surface area contributed by atoms with Crippen LogP contribution in [0.1, 0.15) is 41.6 Å². The van der Waals surface area contributed by atoms with Gasteiger partial charge in [0.15, 0.2) is 0 Å². The minimum atomic E-state index is -0.473. The van der Waals surface area contributed by atoms with E-state index in [1.807, 2.05) is 0 Å². The van der Waals surface area contributed by atoms with Crippen molar-refractivity contribution in [3.05, 3.63) is 39.4 Å². The van der Waals surface area contributed by atoms with Gasteiger partial charge in [-0.3, -0.25) is 14.9 Å². The SMILES string of the molecule is Cc1c(C(=O)NC2(CCl)CCCC2)cccc1[N+](=O)[O-]. The first-order valence-electron chi connectivity index (χ1n) is 6.61. The van der Waals surface area contributed by atoms with E-state index in [0.717, 1.165) is 25.7 Å². The molecule has 1 saturated carbocycles. The smallest absolute Gasteiger partial charge is 0.273 e. The molecular weight excluding hydrogens is 280 g/mol. The molecule has 0 aliphatic heterocycles. The van der Waals surface area contributed by atoms with Crippen LogP contribution in [0.15, 0.2) is 18.2 Å². The second-order valence-electron chi connectivity index (χ2n) is 5.28. The zero-order valence-corrected chi connectivity index (χ0v) is 12.1. The molecule has 1 aliphatic rings. The number of benzene rings is 1. The molecule has 0 aromatic heterocycles. The van der Waals surface area contributed by atoms with Gasteiger partial charge in [0.2, 0.25) is 0 Å². The average Bonchev–Trinajstić information content (AvgIpc) is 2.87. The normalized spacial score (nSPS) is 16.9. The van der Waals surface area contributed by atoms with E-state index in [-0.39, 0.29) is 17.1 Å². The standard InChI is InChI=1S/C14H17ClN2O3/c1-10-11(5-4-6-12(10)17(19)20)13(18)16-14(9-15)7-2-3-8-14/h4-6H,2-3,7-9H2,1H3,(H,16,18). The molecule has 0 atom stereocenters. The monoisotopic (exact) mass is 296 g/mol. The first-order valence-corrected chi connectivity index (χ1v) is 7.15. The fourth-order valence-corrected chi connectivity index (χ4v) is 3.05. The van der Waals surface area contributed by atoms with Crippen LogP contribution in [-0.2, 0) is 0 Å². The van der Waals surface area contributed by atoms with Crippen molar-refractivity contribution in [1.82, 2.24) is 5.32 Å². The summed E-state index contributed by atoms with van der Waals surface area (Å²) in [7, 11) is 0. The van der Waals surface area contributed by atoms with E-state index in [0.29, 0.717) is 17.0 Å². The molecule has 0 radical (unpaired) electrons. The van der Waals surface area contributed by atoms with Gasteiger partial charge in [0.1, 0.15) is 0 Å². The highest BCUT2D eigenvalue weighted by atomic mass is 35.5. The van der Waals surface area contributed by atoms with Gasteiger partial charge in [-0.25, -0.2) is 0 Å². The quantitative estimate of drug-likeness (QED) is 0.527. The molecule has 1 fully saturated rings. The number of rotatable bonds is 4. The molecule has 0 bridgehead atoms. The number of hydrogen-bond donors (Lipinski definition) is 1. The average molecular weight is 297 g/mol. The van der Waals surface area contributed by atoms with Gasteiger partial charge in [-0.2, -0.15) is 0 Å². The molecular formula is C14H17ClN2O3. The number of carbonyl (C=O) groups excluding carboxylic acids is 1. The Morgan fingerprint density at radius 1 is 1.45 bits per heavy atom. The summed E-state index contributed by atoms with van der Waals surface area (Å²) in [6.45, 7) is 1.59. The van der Waals surface area contributed by atoms with Crippen LogP contribution in [-0.4, -0.2) is 22.2 Å². The van der Waals surface area contributed by atoms with Crippen molar-refractivity contribution in [1.29, 1.82) is 0 Å². The zero-order valence-electron chi connectivity index (χ0n) is 11.3. The maximum absolute atomic E-state index is 12.4. The Morgan fingerprint density at radius 2 is 2.10 bits per heavy atom. The number of nitro groups is 1. The molecule has 2 rings (SSSR count). The van der Waals surface area contributed by atoms with Crippen molar-refractivity contribution >= 4 is 23.2 Å². The molecule has 0 heterocycles. The van der Waals surface area contributed by atoms with E-state index in [9.17, 15) is 14.9 Å². The molecule has 1 aromatic carbocycles. The Kier molecular flexibility index (Phi) is 4.28. The summed E-state index contributed by atoms with van der Waals surface area (Å²) in [5.41, 5.74) is 0.327. The molecule has 0 unspecified atom stereocenters. The lowest BCUT2D eigenvalue weighted by atomic mass is 9.98. The van der Waals surface area contributed by atoms with E-state index in [4.69, 9.17) is 11.6 Å². The summed E-state index contributed by atoms with van der Waals surface area (Å²) in [6, 6.07) is 4.54. The summed E-state index contributed by atoms with van der Waals surface area (Å²) < 4.78 is 0. The van der Waals surface area contributed by atoms with Crippen LogP contribution >= 0.6 is 11.6 Å². The highest BCUT2D eigenvalue weighted by Gasteiger charge is 2.35.